The van der Waals surface area contributed by atoms with Crippen molar-refractivity contribution in [3.8, 4) is 0 Å². The van der Waals surface area contributed by atoms with Crippen molar-refractivity contribution in [2.24, 2.45) is 0 Å². The lowest BCUT2D eigenvalue weighted by atomic mass is 10.1. The molecule has 0 radical (unpaired) electrons. The van der Waals surface area contributed by atoms with Gasteiger partial charge in [0.15, 0.2) is 0 Å². The molecule has 0 aromatic carbocycles. The van der Waals surface area contributed by atoms with Gasteiger partial charge in [0.1, 0.15) is 0 Å². The number of hydrogen-bond acceptors (Lipinski definition) is 4. The maximum atomic E-state index is 8.91. The molecule has 4 heteroatoms. The summed E-state index contributed by atoms with van der Waals surface area (Å²) in [6, 6.07) is 0.683. The third-order valence-corrected chi connectivity index (χ3v) is 2.65. The monoisotopic (exact) mass is 172 g/mol. The van der Waals surface area contributed by atoms with E-state index < -0.39 is 0 Å². The molecule has 0 aromatic heterocycles. The molecule has 1 unspecified atom stereocenters. The summed E-state index contributed by atoms with van der Waals surface area (Å²) in [4.78, 5) is 2.40. The van der Waals surface area contributed by atoms with E-state index in [1.807, 2.05) is 0 Å². The molecule has 2 saturated heterocycles. The fourth-order valence-corrected chi connectivity index (χ4v) is 1.72. The first kappa shape index (κ1) is 8.44. The molecule has 2 aliphatic rings. The van der Waals surface area contributed by atoms with E-state index in [0.29, 0.717) is 6.04 Å². The van der Waals surface area contributed by atoms with Crippen molar-refractivity contribution >= 4 is 0 Å². The fraction of sp³-hybridized carbons (Fsp3) is 1.00. The highest BCUT2D eigenvalue weighted by Crippen LogP contribution is 2.11. The van der Waals surface area contributed by atoms with Crippen LogP contribution in [0.1, 0.15) is 0 Å². The van der Waals surface area contributed by atoms with Gasteiger partial charge in [0, 0.05) is 32.2 Å². The molecule has 0 saturated carbocycles. The van der Waals surface area contributed by atoms with Crippen LogP contribution in [0.25, 0.3) is 0 Å². The summed E-state index contributed by atoms with van der Waals surface area (Å²) in [6.45, 7) is 5.01. The van der Waals surface area contributed by atoms with Crippen LogP contribution in [0.5, 0.6) is 0 Å². The lowest BCUT2D eigenvalue weighted by Crippen LogP contribution is -2.61. The normalized spacial score (nSPS) is 33.2. The molecule has 2 heterocycles. The minimum Gasteiger partial charge on any atom is -0.394 e. The van der Waals surface area contributed by atoms with Gasteiger partial charge in [-0.1, -0.05) is 0 Å². The number of ether oxygens (including phenoxy) is 1. The molecule has 1 atom stereocenters. The van der Waals surface area contributed by atoms with Gasteiger partial charge in [0.25, 0.3) is 0 Å². The zero-order valence-electron chi connectivity index (χ0n) is 7.20. The number of nitrogens with zero attached hydrogens (tertiary/aromatic N) is 1. The Bertz CT molecular complexity index is 150. The Hall–Kier alpha value is -0.160. The van der Waals surface area contributed by atoms with Gasteiger partial charge in [-0.3, -0.25) is 4.90 Å². The fourth-order valence-electron chi connectivity index (χ4n) is 1.72. The lowest BCUT2D eigenvalue weighted by molar-refractivity contribution is -0.0702. The summed E-state index contributed by atoms with van der Waals surface area (Å²) in [7, 11) is 0. The van der Waals surface area contributed by atoms with Crippen LogP contribution in [0, 0.1) is 0 Å². The Labute approximate surface area is 72.5 Å². The minimum atomic E-state index is 0.0411. The predicted octanol–water partition coefficient (Wildman–Crippen LogP) is -1.35. The van der Waals surface area contributed by atoms with Crippen molar-refractivity contribution in [3.63, 3.8) is 0 Å². The molecule has 0 amide bonds. The van der Waals surface area contributed by atoms with Gasteiger partial charge in [0.2, 0.25) is 0 Å². The summed E-state index contributed by atoms with van der Waals surface area (Å²) in [5.41, 5.74) is 0. The van der Waals surface area contributed by atoms with E-state index in [1.54, 1.807) is 0 Å². The number of aliphatic hydroxyl groups is 1. The second kappa shape index (κ2) is 3.70. The molecule has 0 aromatic rings. The summed E-state index contributed by atoms with van der Waals surface area (Å²) >= 11 is 0. The number of morpholine rings is 1. The van der Waals surface area contributed by atoms with E-state index in [0.717, 1.165) is 32.8 Å². The standard InChI is InChI=1S/C8H16N2O2/c11-6-8-5-10(1-2-12-8)7-3-9-4-7/h7-9,11H,1-6H2. The van der Waals surface area contributed by atoms with Gasteiger partial charge in [-0.05, 0) is 0 Å². The van der Waals surface area contributed by atoms with Gasteiger partial charge in [-0.25, -0.2) is 0 Å². The molecule has 0 spiro atoms. The van der Waals surface area contributed by atoms with Crippen molar-refractivity contribution in [3.05, 3.63) is 0 Å². The van der Waals surface area contributed by atoms with E-state index >= 15 is 0 Å². The Morgan fingerprint density at radius 2 is 2.33 bits per heavy atom. The molecule has 2 rings (SSSR count). The first-order valence-corrected chi connectivity index (χ1v) is 4.57. The summed E-state index contributed by atoms with van der Waals surface area (Å²) in [6.07, 6.45) is 0.0411. The number of hydrogen-bond donors (Lipinski definition) is 2. The maximum absolute atomic E-state index is 8.91. The third-order valence-electron chi connectivity index (χ3n) is 2.65. The SMILES string of the molecule is OCC1CN(C2CNC2)CCO1. The van der Waals surface area contributed by atoms with Crippen molar-refractivity contribution in [1.29, 1.82) is 0 Å². The Morgan fingerprint density at radius 3 is 2.92 bits per heavy atom. The van der Waals surface area contributed by atoms with Crippen LogP contribution in [0.15, 0.2) is 0 Å². The topological polar surface area (TPSA) is 44.7 Å². The smallest absolute Gasteiger partial charge is 0.0933 e. The van der Waals surface area contributed by atoms with Gasteiger partial charge in [-0.2, -0.15) is 0 Å². The molecular formula is C8H16N2O2. The highest BCUT2D eigenvalue weighted by Gasteiger charge is 2.29. The average Bonchev–Trinajstić information content (AvgIpc) is 2.02. The van der Waals surface area contributed by atoms with Crippen molar-refractivity contribution in [2.45, 2.75) is 12.1 Å². The van der Waals surface area contributed by atoms with E-state index in [2.05, 4.69) is 10.2 Å². The van der Waals surface area contributed by atoms with E-state index in [9.17, 15) is 0 Å². The molecule has 2 N–H and O–H groups in total. The third kappa shape index (κ3) is 1.61. The minimum absolute atomic E-state index is 0.0411. The maximum Gasteiger partial charge on any atom is 0.0933 e. The molecule has 0 bridgehead atoms. The van der Waals surface area contributed by atoms with Crippen LogP contribution in [0.4, 0.5) is 0 Å². The number of rotatable bonds is 2. The van der Waals surface area contributed by atoms with Crippen LogP contribution in [-0.2, 0) is 4.74 Å². The van der Waals surface area contributed by atoms with Crippen molar-refractivity contribution in [1.82, 2.24) is 10.2 Å². The second-order valence-corrected chi connectivity index (χ2v) is 3.48. The van der Waals surface area contributed by atoms with Crippen LogP contribution in [0.3, 0.4) is 0 Å². The first-order chi connectivity index (χ1) is 5.90. The van der Waals surface area contributed by atoms with E-state index in [-0.39, 0.29) is 12.7 Å². The number of aliphatic hydroxyl groups excluding tert-OH is 1. The quantitative estimate of drug-likeness (QED) is 0.540. The average molecular weight is 172 g/mol. The molecule has 70 valence electrons. The van der Waals surface area contributed by atoms with Gasteiger partial charge >= 0.3 is 0 Å². The zero-order valence-corrected chi connectivity index (χ0v) is 7.20. The van der Waals surface area contributed by atoms with Crippen LogP contribution >= 0.6 is 0 Å². The molecule has 0 aliphatic carbocycles. The first-order valence-electron chi connectivity index (χ1n) is 4.57. The highest BCUT2D eigenvalue weighted by molar-refractivity contribution is 4.87. The highest BCUT2D eigenvalue weighted by atomic mass is 16.5. The van der Waals surface area contributed by atoms with E-state index in [1.165, 1.54) is 0 Å². The summed E-state index contributed by atoms with van der Waals surface area (Å²) in [5, 5.41) is 12.2. The molecular weight excluding hydrogens is 156 g/mol. The van der Waals surface area contributed by atoms with E-state index in [4.69, 9.17) is 9.84 Å². The van der Waals surface area contributed by atoms with Crippen LogP contribution < -0.4 is 5.32 Å². The zero-order chi connectivity index (χ0) is 8.39. The van der Waals surface area contributed by atoms with Gasteiger partial charge in [-0.15, -0.1) is 0 Å². The van der Waals surface area contributed by atoms with Crippen molar-refractivity contribution < 1.29 is 9.84 Å². The molecule has 2 aliphatic heterocycles. The summed E-state index contributed by atoms with van der Waals surface area (Å²) in [5.74, 6) is 0. The Balaban J connectivity index is 1.81. The molecule has 4 nitrogen and oxygen atoms in total. The predicted molar refractivity (Wildman–Crippen MR) is 45.1 cm³/mol. The van der Waals surface area contributed by atoms with Crippen LogP contribution in [0.2, 0.25) is 0 Å². The lowest BCUT2D eigenvalue weighted by Gasteiger charge is -2.42. The largest absolute Gasteiger partial charge is 0.394 e. The van der Waals surface area contributed by atoms with Gasteiger partial charge < -0.3 is 15.2 Å². The Kier molecular flexibility index (Phi) is 2.60. The molecule has 12 heavy (non-hydrogen) atoms. The number of nitrogens with one attached hydrogen (secondary N) is 1. The molecule has 2 fully saturated rings. The van der Waals surface area contributed by atoms with Gasteiger partial charge in [0.05, 0.1) is 19.3 Å². The summed E-state index contributed by atoms with van der Waals surface area (Å²) < 4.78 is 5.36. The van der Waals surface area contributed by atoms with Crippen LogP contribution in [-0.4, -0.2) is 61.5 Å². The van der Waals surface area contributed by atoms with Crippen molar-refractivity contribution in [2.75, 3.05) is 39.4 Å². The second-order valence-electron chi connectivity index (χ2n) is 3.48. The Morgan fingerprint density at radius 1 is 1.50 bits per heavy atom.